The lowest BCUT2D eigenvalue weighted by Gasteiger charge is -2.32. The lowest BCUT2D eigenvalue weighted by Crippen LogP contribution is -2.45. The molecule has 2 heterocycles. The van der Waals surface area contributed by atoms with E-state index in [9.17, 15) is 4.79 Å². The SMILES string of the molecule is COCCNC(=O)N1CCC(Cn2nc(C)cc2C)CC1. The smallest absolute Gasteiger partial charge is 0.317 e. The predicted molar refractivity (Wildman–Crippen MR) is 81.3 cm³/mol. The van der Waals surface area contributed by atoms with Crippen molar-refractivity contribution < 1.29 is 9.53 Å². The Labute approximate surface area is 126 Å². The number of methoxy groups -OCH3 is 1. The Morgan fingerprint density at radius 2 is 2.14 bits per heavy atom. The molecule has 1 N–H and O–H groups in total. The molecule has 0 spiro atoms. The molecule has 6 heteroatoms. The maximum absolute atomic E-state index is 11.9. The lowest BCUT2D eigenvalue weighted by atomic mass is 9.97. The number of hydrogen-bond donors (Lipinski definition) is 1. The van der Waals surface area contributed by atoms with Crippen LogP contribution in [0.5, 0.6) is 0 Å². The molecule has 0 atom stereocenters. The summed E-state index contributed by atoms with van der Waals surface area (Å²) in [4.78, 5) is 13.8. The van der Waals surface area contributed by atoms with Crippen molar-refractivity contribution in [1.29, 1.82) is 0 Å². The molecule has 0 bridgehead atoms. The van der Waals surface area contributed by atoms with Crippen molar-refractivity contribution in [3.63, 3.8) is 0 Å². The summed E-state index contributed by atoms with van der Waals surface area (Å²) in [6, 6.07) is 2.13. The molecule has 1 aromatic rings. The fourth-order valence-electron chi connectivity index (χ4n) is 2.79. The first-order valence-electron chi connectivity index (χ1n) is 7.63. The molecular formula is C15H26N4O2. The summed E-state index contributed by atoms with van der Waals surface area (Å²) in [5.41, 5.74) is 2.29. The minimum absolute atomic E-state index is 0.0246. The topological polar surface area (TPSA) is 59.4 Å². The van der Waals surface area contributed by atoms with Gasteiger partial charge in [-0.05, 0) is 38.7 Å². The van der Waals surface area contributed by atoms with E-state index in [2.05, 4.69) is 28.1 Å². The van der Waals surface area contributed by atoms with Gasteiger partial charge in [0.25, 0.3) is 0 Å². The lowest BCUT2D eigenvalue weighted by molar-refractivity contribution is 0.156. The Bertz CT molecular complexity index is 464. The van der Waals surface area contributed by atoms with E-state index in [4.69, 9.17) is 4.74 Å². The van der Waals surface area contributed by atoms with Gasteiger partial charge >= 0.3 is 6.03 Å². The third-order valence-electron chi connectivity index (χ3n) is 4.02. The molecule has 0 radical (unpaired) electrons. The summed E-state index contributed by atoms with van der Waals surface area (Å²) >= 11 is 0. The number of nitrogens with one attached hydrogen (secondary N) is 1. The zero-order valence-electron chi connectivity index (χ0n) is 13.3. The summed E-state index contributed by atoms with van der Waals surface area (Å²) in [7, 11) is 1.64. The molecule has 2 rings (SSSR count). The van der Waals surface area contributed by atoms with Crippen LogP contribution in [0.3, 0.4) is 0 Å². The van der Waals surface area contributed by atoms with Crippen LogP contribution in [0.15, 0.2) is 6.07 Å². The highest BCUT2D eigenvalue weighted by Gasteiger charge is 2.23. The Balaban J connectivity index is 1.75. The molecule has 118 valence electrons. The van der Waals surface area contributed by atoms with E-state index in [0.29, 0.717) is 19.1 Å². The van der Waals surface area contributed by atoms with E-state index in [1.54, 1.807) is 7.11 Å². The molecule has 0 aliphatic carbocycles. The fraction of sp³-hybridized carbons (Fsp3) is 0.733. The second-order valence-corrected chi connectivity index (χ2v) is 5.76. The van der Waals surface area contributed by atoms with E-state index in [-0.39, 0.29) is 6.03 Å². The largest absolute Gasteiger partial charge is 0.383 e. The van der Waals surface area contributed by atoms with Gasteiger partial charge in [0.1, 0.15) is 0 Å². The number of carbonyl (C=O) groups excluding carboxylic acids is 1. The third kappa shape index (κ3) is 4.46. The summed E-state index contributed by atoms with van der Waals surface area (Å²) in [5.74, 6) is 0.603. The molecule has 0 saturated carbocycles. The highest BCUT2D eigenvalue weighted by atomic mass is 16.5. The molecule has 0 unspecified atom stereocenters. The van der Waals surface area contributed by atoms with Gasteiger partial charge in [-0.1, -0.05) is 0 Å². The van der Waals surface area contributed by atoms with Crippen LogP contribution in [0, 0.1) is 19.8 Å². The van der Waals surface area contributed by atoms with Crippen LogP contribution in [0.25, 0.3) is 0 Å². The molecule has 21 heavy (non-hydrogen) atoms. The molecule has 1 aliphatic rings. The van der Waals surface area contributed by atoms with Crippen LogP contribution in [0.2, 0.25) is 0 Å². The first kappa shape index (κ1) is 15.8. The van der Waals surface area contributed by atoms with Crippen molar-refractivity contribution in [2.45, 2.75) is 33.2 Å². The van der Waals surface area contributed by atoms with Crippen molar-refractivity contribution >= 4 is 6.03 Å². The number of likely N-dealkylation sites (tertiary alicyclic amines) is 1. The average Bonchev–Trinajstić information content (AvgIpc) is 2.78. The number of urea groups is 1. The normalized spacial score (nSPS) is 16.2. The zero-order chi connectivity index (χ0) is 15.2. The van der Waals surface area contributed by atoms with E-state index in [1.807, 2.05) is 11.8 Å². The highest BCUT2D eigenvalue weighted by Crippen LogP contribution is 2.19. The molecule has 6 nitrogen and oxygen atoms in total. The predicted octanol–water partition coefficient (Wildman–Crippen LogP) is 1.57. The Morgan fingerprint density at radius 1 is 1.43 bits per heavy atom. The zero-order valence-corrected chi connectivity index (χ0v) is 13.3. The van der Waals surface area contributed by atoms with Gasteiger partial charge in [-0.15, -0.1) is 0 Å². The van der Waals surface area contributed by atoms with E-state index in [0.717, 1.165) is 38.2 Å². The van der Waals surface area contributed by atoms with Crippen molar-refractivity contribution in [3.8, 4) is 0 Å². The van der Waals surface area contributed by atoms with Crippen LogP contribution >= 0.6 is 0 Å². The average molecular weight is 294 g/mol. The summed E-state index contributed by atoms with van der Waals surface area (Å²) in [6.45, 7) is 7.85. The number of ether oxygens (including phenoxy) is 1. The van der Waals surface area contributed by atoms with Gasteiger partial charge in [0.15, 0.2) is 0 Å². The second-order valence-electron chi connectivity index (χ2n) is 5.76. The number of rotatable bonds is 5. The number of hydrogen-bond acceptors (Lipinski definition) is 3. The van der Waals surface area contributed by atoms with Crippen LogP contribution < -0.4 is 5.32 Å². The number of amides is 2. The first-order chi connectivity index (χ1) is 10.1. The standard InChI is InChI=1S/C15H26N4O2/c1-12-10-13(2)19(17-12)11-14-4-7-18(8-5-14)15(20)16-6-9-21-3/h10,14H,4-9,11H2,1-3H3,(H,16,20). The van der Waals surface area contributed by atoms with Crippen LogP contribution in [-0.4, -0.2) is 54.1 Å². The van der Waals surface area contributed by atoms with Gasteiger partial charge in [0.2, 0.25) is 0 Å². The number of aromatic nitrogens is 2. The first-order valence-corrected chi connectivity index (χ1v) is 7.63. The van der Waals surface area contributed by atoms with Crippen LogP contribution in [0.1, 0.15) is 24.2 Å². The van der Waals surface area contributed by atoms with Crippen molar-refractivity contribution in [1.82, 2.24) is 20.0 Å². The number of piperidine rings is 1. The van der Waals surface area contributed by atoms with Crippen molar-refractivity contribution in [2.75, 3.05) is 33.4 Å². The van der Waals surface area contributed by atoms with E-state index >= 15 is 0 Å². The maximum atomic E-state index is 11.9. The molecule has 1 saturated heterocycles. The van der Waals surface area contributed by atoms with Crippen molar-refractivity contribution in [2.24, 2.45) is 5.92 Å². The van der Waals surface area contributed by atoms with Gasteiger partial charge in [-0.2, -0.15) is 5.10 Å². The number of nitrogens with zero attached hydrogens (tertiary/aromatic N) is 3. The molecule has 2 amide bonds. The van der Waals surface area contributed by atoms with Gasteiger partial charge < -0.3 is 15.0 Å². The Hall–Kier alpha value is -1.56. The fourth-order valence-corrected chi connectivity index (χ4v) is 2.79. The van der Waals surface area contributed by atoms with Gasteiger partial charge in [0.05, 0.1) is 12.3 Å². The van der Waals surface area contributed by atoms with Crippen molar-refractivity contribution in [3.05, 3.63) is 17.5 Å². The van der Waals surface area contributed by atoms with E-state index in [1.165, 1.54) is 5.69 Å². The van der Waals surface area contributed by atoms with Gasteiger partial charge in [-0.25, -0.2) is 4.79 Å². The van der Waals surface area contributed by atoms with E-state index < -0.39 is 0 Å². The third-order valence-corrected chi connectivity index (χ3v) is 4.02. The van der Waals surface area contributed by atoms with Crippen LogP contribution in [-0.2, 0) is 11.3 Å². The Kier molecular flexibility index (Phi) is 5.61. The van der Waals surface area contributed by atoms with Gasteiger partial charge in [-0.3, -0.25) is 4.68 Å². The number of aryl methyl sites for hydroxylation is 2. The minimum Gasteiger partial charge on any atom is -0.383 e. The molecule has 1 aliphatic heterocycles. The molecule has 1 aromatic heterocycles. The minimum atomic E-state index is 0.0246. The van der Waals surface area contributed by atoms with Crippen LogP contribution in [0.4, 0.5) is 4.79 Å². The summed E-state index contributed by atoms with van der Waals surface area (Å²) in [6.07, 6.45) is 2.08. The molecule has 1 fully saturated rings. The monoisotopic (exact) mass is 294 g/mol. The molecule has 0 aromatic carbocycles. The Morgan fingerprint density at radius 3 is 2.71 bits per heavy atom. The molecular weight excluding hydrogens is 268 g/mol. The summed E-state index contributed by atoms with van der Waals surface area (Å²) < 4.78 is 7.02. The maximum Gasteiger partial charge on any atom is 0.317 e. The second kappa shape index (κ2) is 7.45. The quantitative estimate of drug-likeness (QED) is 0.839. The summed E-state index contributed by atoms with van der Waals surface area (Å²) in [5, 5.41) is 7.39. The highest BCUT2D eigenvalue weighted by molar-refractivity contribution is 5.74. The number of carbonyl (C=O) groups is 1. The van der Waals surface area contributed by atoms with Gasteiger partial charge in [0, 0.05) is 39.0 Å².